The van der Waals surface area contributed by atoms with Crippen molar-refractivity contribution < 1.29 is 17.9 Å². The van der Waals surface area contributed by atoms with Crippen LogP contribution in [0.4, 0.5) is 0 Å². The monoisotopic (exact) mass is 312 g/mol. The van der Waals surface area contributed by atoms with Gasteiger partial charge in [-0.2, -0.15) is 0 Å². The summed E-state index contributed by atoms with van der Waals surface area (Å²) in [6.45, 7) is 0.0906. The second kappa shape index (κ2) is 3.84. The van der Waals surface area contributed by atoms with Crippen molar-refractivity contribution in [1.29, 1.82) is 0 Å². The first kappa shape index (κ1) is 11.0. The molecule has 0 saturated heterocycles. The highest BCUT2D eigenvalue weighted by molar-refractivity contribution is 9.10. The summed E-state index contributed by atoms with van der Waals surface area (Å²) in [5.74, 6) is 0.689. The van der Waals surface area contributed by atoms with Crippen LogP contribution >= 0.6 is 26.6 Å². The summed E-state index contributed by atoms with van der Waals surface area (Å²) in [5.41, 5.74) is 0.501. The third kappa shape index (κ3) is 2.38. The molecule has 0 spiro atoms. The molecular formula is C8H6BrClO4S. The van der Waals surface area contributed by atoms with Gasteiger partial charge in [0.05, 0.1) is 10.2 Å². The third-order valence-corrected chi connectivity index (χ3v) is 3.49. The van der Waals surface area contributed by atoms with Crippen molar-refractivity contribution in [1.82, 2.24) is 0 Å². The van der Waals surface area contributed by atoms with Crippen molar-refractivity contribution >= 4 is 35.7 Å². The molecule has 0 atom stereocenters. The largest absolute Gasteiger partial charge is 0.453 e. The normalized spacial score (nSPS) is 14.3. The number of hydrogen-bond acceptors (Lipinski definition) is 4. The number of benzene rings is 1. The number of hydrogen-bond donors (Lipinski definition) is 0. The summed E-state index contributed by atoms with van der Waals surface area (Å²) in [6.07, 6.45) is 0. The second-order valence-electron chi connectivity index (χ2n) is 2.95. The number of halogens is 2. The number of fused-ring (bicyclic) bond motifs is 1. The zero-order valence-electron chi connectivity index (χ0n) is 7.37. The van der Waals surface area contributed by atoms with E-state index < -0.39 is 9.05 Å². The molecule has 15 heavy (non-hydrogen) atoms. The maximum Gasteiger partial charge on any atom is 0.236 e. The van der Waals surface area contributed by atoms with E-state index in [4.69, 9.17) is 20.2 Å². The van der Waals surface area contributed by atoms with Gasteiger partial charge in [-0.3, -0.25) is 0 Å². The summed E-state index contributed by atoms with van der Waals surface area (Å²) < 4.78 is 33.0. The molecular weight excluding hydrogens is 308 g/mol. The molecule has 1 aliphatic rings. The lowest BCUT2D eigenvalue weighted by Gasteiger charge is -2.04. The molecule has 1 aromatic rings. The van der Waals surface area contributed by atoms with E-state index in [0.717, 1.165) is 4.47 Å². The molecule has 4 nitrogen and oxygen atoms in total. The van der Waals surface area contributed by atoms with E-state index in [-0.39, 0.29) is 12.5 Å². The van der Waals surface area contributed by atoms with Gasteiger partial charge in [0.1, 0.15) is 0 Å². The van der Waals surface area contributed by atoms with Crippen molar-refractivity contribution in [2.75, 3.05) is 6.79 Å². The minimum absolute atomic E-state index is 0.0906. The van der Waals surface area contributed by atoms with Gasteiger partial charge in [0, 0.05) is 16.2 Å². The fourth-order valence-electron chi connectivity index (χ4n) is 1.32. The highest BCUT2D eigenvalue weighted by atomic mass is 79.9. The fraction of sp³-hybridized carbons (Fsp3) is 0.250. The van der Waals surface area contributed by atoms with Gasteiger partial charge in [0.25, 0.3) is 0 Å². The van der Waals surface area contributed by atoms with Crippen LogP contribution in [-0.4, -0.2) is 15.2 Å². The Balaban J connectivity index is 2.47. The Morgan fingerprint density at radius 1 is 1.33 bits per heavy atom. The molecule has 0 bridgehead atoms. The molecule has 0 saturated carbocycles. The van der Waals surface area contributed by atoms with E-state index in [1.165, 1.54) is 0 Å². The fourth-order valence-corrected chi connectivity index (χ4v) is 2.70. The quantitative estimate of drug-likeness (QED) is 0.786. The molecule has 1 aromatic carbocycles. The molecule has 0 amide bonds. The molecule has 0 N–H and O–H groups in total. The smallest absolute Gasteiger partial charge is 0.236 e. The molecule has 0 aromatic heterocycles. The van der Waals surface area contributed by atoms with Crippen molar-refractivity contribution in [2.24, 2.45) is 0 Å². The van der Waals surface area contributed by atoms with Gasteiger partial charge in [-0.1, -0.05) is 6.07 Å². The Bertz CT molecular complexity index is 500. The van der Waals surface area contributed by atoms with Crippen molar-refractivity contribution in [3.8, 4) is 11.5 Å². The number of rotatable bonds is 2. The topological polar surface area (TPSA) is 52.6 Å². The first-order chi connectivity index (χ1) is 6.97. The van der Waals surface area contributed by atoms with Gasteiger partial charge < -0.3 is 9.47 Å². The summed E-state index contributed by atoms with van der Waals surface area (Å²) in [4.78, 5) is 0. The Hall–Kier alpha value is -0.460. The molecule has 2 rings (SSSR count). The number of ether oxygens (including phenoxy) is 2. The van der Waals surface area contributed by atoms with Crippen LogP contribution in [0.25, 0.3) is 0 Å². The van der Waals surface area contributed by atoms with Crippen LogP contribution in [0.1, 0.15) is 5.56 Å². The molecule has 0 aliphatic carbocycles. The van der Waals surface area contributed by atoms with Crippen molar-refractivity contribution in [3.05, 3.63) is 22.2 Å². The van der Waals surface area contributed by atoms with Gasteiger partial charge in [0.15, 0.2) is 11.5 Å². The summed E-state index contributed by atoms with van der Waals surface area (Å²) >= 11 is 3.27. The van der Waals surface area contributed by atoms with Gasteiger partial charge in [-0.15, -0.1) is 0 Å². The lowest BCUT2D eigenvalue weighted by molar-refractivity contribution is 0.173. The van der Waals surface area contributed by atoms with E-state index in [1.54, 1.807) is 12.1 Å². The zero-order valence-corrected chi connectivity index (χ0v) is 10.5. The van der Waals surface area contributed by atoms with Crippen LogP contribution in [0.15, 0.2) is 16.6 Å². The van der Waals surface area contributed by atoms with E-state index in [1.807, 2.05) is 0 Å². The highest BCUT2D eigenvalue weighted by Gasteiger charge is 2.23. The maximum atomic E-state index is 10.9. The van der Waals surface area contributed by atoms with Crippen LogP contribution in [0.5, 0.6) is 11.5 Å². The third-order valence-electron chi connectivity index (χ3n) is 1.88. The van der Waals surface area contributed by atoms with Crippen LogP contribution in [-0.2, 0) is 14.8 Å². The molecule has 0 radical (unpaired) electrons. The van der Waals surface area contributed by atoms with Gasteiger partial charge in [-0.25, -0.2) is 8.42 Å². The van der Waals surface area contributed by atoms with Gasteiger partial charge in [0.2, 0.25) is 15.8 Å². The molecule has 1 heterocycles. The standard InChI is InChI=1S/C8H6BrClO4S/c9-6-2-1-5(3-15(10,11)12)7-8(6)14-4-13-7/h1-2H,3-4H2. The Morgan fingerprint density at radius 3 is 2.67 bits per heavy atom. The van der Waals surface area contributed by atoms with E-state index >= 15 is 0 Å². The predicted octanol–water partition coefficient (Wildman–Crippen LogP) is 2.25. The first-order valence-corrected chi connectivity index (χ1v) is 7.24. The lowest BCUT2D eigenvalue weighted by atomic mass is 10.2. The highest BCUT2D eigenvalue weighted by Crippen LogP contribution is 2.42. The average molecular weight is 314 g/mol. The molecule has 0 fully saturated rings. The SMILES string of the molecule is O=S(=O)(Cl)Cc1ccc(Br)c2c1OCO2. The molecule has 1 aliphatic heterocycles. The Labute approximate surface area is 99.7 Å². The van der Waals surface area contributed by atoms with E-state index in [2.05, 4.69) is 15.9 Å². The van der Waals surface area contributed by atoms with Crippen LogP contribution < -0.4 is 9.47 Å². The van der Waals surface area contributed by atoms with Crippen molar-refractivity contribution in [2.45, 2.75) is 5.75 Å². The minimum atomic E-state index is -3.59. The first-order valence-electron chi connectivity index (χ1n) is 3.97. The van der Waals surface area contributed by atoms with Gasteiger partial charge >= 0.3 is 0 Å². The summed E-state index contributed by atoms with van der Waals surface area (Å²) in [7, 11) is 1.58. The summed E-state index contributed by atoms with van der Waals surface area (Å²) in [6, 6.07) is 3.34. The van der Waals surface area contributed by atoms with Crippen LogP contribution in [0.2, 0.25) is 0 Å². The lowest BCUT2D eigenvalue weighted by Crippen LogP contribution is -1.98. The van der Waals surface area contributed by atoms with Crippen LogP contribution in [0, 0.1) is 0 Å². The maximum absolute atomic E-state index is 10.9. The van der Waals surface area contributed by atoms with E-state index in [9.17, 15) is 8.42 Å². The van der Waals surface area contributed by atoms with Gasteiger partial charge in [-0.05, 0) is 22.0 Å². The predicted molar refractivity (Wildman–Crippen MR) is 58.7 cm³/mol. The zero-order chi connectivity index (χ0) is 11.1. The Morgan fingerprint density at radius 2 is 2.00 bits per heavy atom. The van der Waals surface area contributed by atoms with Crippen LogP contribution in [0.3, 0.4) is 0 Å². The van der Waals surface area contributed by atoms with Crippen molar-refractivity contribution in [3.63, 3.8) is 0 Å². The summed E-state index contributed by atoms with van der Waals surface area (Å²) in [5, 5.41) is 0. The van der Waals surface area contributed by atoms with E-state index in [0.29, 0.717) is 17.1 Å². The molecule has 82 valence electrons. The average Bonchev–Trinajstić information content (AvgIpc) is 2.57. The Kier molecular flexibility index (Phi) is 2.83. The molecule has 0 unspecified atom stereocenters. The minimum Gasteiger partial charge on any atom is -0.453 e. The molecule has 7 heteroatoms. The second-order valence-corrected chi connectivity index (χ2v) is 6.59.